The fraction of sp³-hybridized carbons (Fsp3) is 0.462. The molecule has 0 bridgehead atoms. The predicted molar refractivity (Wildman–Crippen MR) is 74.1 cm³/mol. The molecule has 0 fully saturated rings. The Morgan fingerprint density at radius 3 is 2.44 bits per heavy atom. The van der Waals surface area contributed by atoms with Crippen LogP contribution in [-0.2, 0) is 9.53 Å². The molecule has 0 aliphatic heterocycles. The highest BCUT2D eigenvalue weighted by Crippen LogP contribution is 2.17. The average molecular weight is 316 g/mol. The number of carbonyl (C=O) groups is 1. The Morgan fingerprint density at radius 2 is 1.94 bits per heavy atom. The number of methoxy groups -OCH3 is 2. The van der Waals surface area contributed by atoms with Crippen molar-refractivity contribution in [1.29, 1.82) is 0 Å². The van der Waals surface area contributed by atoms with Gasteiger partial charge in [-0.2, -0.15) is 0 Å². The van der Waals surface area contributed by atoms with Crippen LogP contribution >= 0.6 is 15.9 Å². The number of hydrogen-bond acceptors (Lipinski definition) is 4. The molecule has 18 heavy (non-hydrogen) atoms. The molecule has 0 heterocycles. The van der Waals surface area contributed by atoms with Gasteiger partial charge >= 0.3 is 5.97 Å². The van der Waals surface area contributed by atoms with E-state index in [1.807, 2.05) is 31.2 Å². The van der Waals surface area contributed by atoms with E-state index in [1.165, 1.54) is 7.11 Å². The predicted octanol–water partition coefficient (Wildman–Crippen LogP) is 2.28. The van der Waals surface area contributed by atoms with Crippen molar-refractivity contribution >= 4 is 21.9 Å². The Labute approximate surface area is 116 Å². The van der Waals surface area contributed by atoms with Crippen molar-refractivity contribution in [2.45, 2.75) is 17.8 Å². The molecule has 2 atom stereocenters. The van der Waals surface area contributed by atoms with Crippen molar-refractivity contribution in [3.63, 3.8) is 0 Å². The lowest BCUT2D eigenvalue weighted by Crippen LogP contribution is -2.31. The molecule has 4 nitrogen and oxygen atoms in total. The lowest BCUT2D eigenvalue weighted by Gasteiger charge is -2.16. The number of esters is 1. The van der Waals surface area contributed by atoms with Gasteiger partial charge in [-0.25, -0.2) is 0 Å². The SMILES string of the molecule is COC(=O)C(Br)CNC(C)c1ccc(OC)cc1. The van der Waals surface area contributed by atoms with Crippen LogP contribution in [0.15, 0.2) is 24.3 Å². The van der Waals surface area contributed by atoms with Gasteiger partial charge in [0.25, 0.3) is 0 Å². The maximum absolute atomic E-state index is 11.2. The van der Waals surface area contributed by atoms with E-state index in [0.717, 1.165) is 11.3 Å². The molecule has 0 radical (unpaired) electrons. The van der Waals surface area contributed by atoms with E-state index in [0.29, 0.717) is 6.54 Å². The second-order valence-corrected chi connectivity index (χ2v) is 5.00. The maximum atomic E-state index is 11.2. The van der Waals surface area contributed by atoms with Crippen LogP contribution < -0.4 is 10.1 Å². The van der Waals surface area contributed by atoms with Gasteiger partial charge in [-0.05, 0) is 24.6 Å². The summed E-state index contributed by atoms with van der Waals surface area (Å²) >= 11 is 3.27. The number of ether oxygens (including phenoxy) is 2. The van der Waals surface area contributed by atoms with Crippen molar-refractivity contribution < 1.29 is 14.3 Å². The molecule has 5 heteroatoms. The van der Waals surface area contributed by atoms with Gasteiger partial charge in [0, 0.05) is 12.6 Å². The van der Waals surface area contributed by atoms with E-state index < -0.39 is 0 Å². The Balaban J connectivity index is 2.49. The highest BCUT2D eigenvalue weighted by Gasteiger charge is 2.16. The summed E-state index contributed by atoms with van der Waals surface area (Å²) in [6.45, 7) is 2.55. The average Bonchev–Trinajstić information content (AvgIpc) is 2.43. The molecule has 0 spiro atoms. The van der Waals surface area contributed by atoms with Crippen molar-refractivity contribution in [1.82, 2.24) is 5.32 Å². The highest BCUT2D eigenvalue weighted by molar-refractivity contribution is 9.10. The van der Waals surface area contributed by atoms with Gasteiger partial charge in [0.2, 0.25) is 0 Å². The zero-order valence-corrected chi connectivity index (χ0v) is 12.4. The van der Waals surface area contributed by atoms with Crippen LogP contribution in [0.3, 0.4) is 0 Å². The molecule has 0 amide bonds. The molecule has 0 aromatic heterocycles. The van der Waals surface area contributed by atoms with Gasteiger partial charge in [0.1, 0.15) is 10.6 Å². The largest absolute Gasteiger partial charge is 0.497 e. The van der Waals surface area contributed by atoms with E-state index in [2.05, 4.69) is 26.0 Å². The zero-order chi connectivity index (χ0) is 13.5. The van der Waals surface area contributed by atoms with Crippen molar-refractivity contribution in [3.8, 4) is 5.75 Å². The summed E-state index contributed by atoms with van der Waals surface area (Å²) in [6.07, 6.45) is 0. The van der Waals surface area contributed by atoms with E-state index in [1.54, 1.807) is 7.11 Å². The first-order chi connectivity index (χ1) is 8.58. The van der Waals surface area contributed by atoms with Crippen LogP contribution in [0.25, 0.3) is 0 Å². The number of nitrogens with one attached hydrogen (secondary N) is 1. The normalized spacial score (nSPS) is 13.8. The first-order valence-corrected chi connectivity index (χ1v) is 6.59. The third-order valence-corrected chi connectivity index (χ3v) is 3.37. The smallest absolute Gasteiger partial charge is 0.320 e. The topological polar surface area (TPSA) is 47.6 Å². The van der Waals surface area contributed by atoms with E-state index in [9.17, 15) is 4.79 Å². The second kappa shape index (κ2) is 7.38. The second-order valence-electron chi connectivity index (χ2n) is 3.89. The Bertz CT molecular complexity index is 380. The standard InChI is InChI=1S/C13H18BrNO3/c1-9(15-8-12(14)13(16)18-3)10-4-6-11(17-2)7-5-10/h4-7,9,12,15H,8H2,1-3H3. The van der Waals surface area contributed by atoms with E-state index in [4.69, 9.17) is 4.74 Å². The molecule has 1 rings (SSSR count). The lowest BCUT2D eigenvalue weighted by atomic mass is 10.1. The minimum absolute atomic E-state index is 0.153. The molecular formula is C13H18BrNO3. The fourth-order valence-electron chi connectivity index (χ4n) is 1.50. The lowest BCUT2D eigenvalue weighted by molar-refractivity contribution is -0.139. The van der Waals surface area contributed by atoms with Gasteiger partial charge in [0.05, 0.1) is 14.2 Å². The molecule has 1 aromatic rings. The third-order valence-electron chi connectivity index (χ3n) is 2.68. The van der Waals surface area contributed by atoms with Crippen LogP contribution in [0.5, 0.6) is 5.75 Å². The third kappa shape index (κ3) is 4.31. The molecule has 1 N–H and O–H groups in total. The molecule has 1 aromatic carbocycles. The number of alkyl halides is 1. The first-order valence-electron chi connectivity index (χ1n) is 5.67. The number of hydrogen-bond donors (Lipinski definition) is 1. The van der Waals surface area contributed by atoms with Crippen LogP contribution in [0, 0.1) is 0 Å². The molecule has 0 saturated heterocycles. The molecule has 2 unspecified atom stereocenters. The van der Waals surface area contributed by atoms with E-state index in [-0.39, 0.29) is 16.8 Å². The zero-order valence-electron chi connectivity index (χ0n) is 10.8. The van der Waals surface area contributed by atoms with Gasteiger partial charge in [-0.3, -0.25) is 4.79 Å². The summed E-state index contributed by atoms with van der Waals surface area (Å²) in [6, 6.07) is 7.98. The summed E-state index contributed by atoms with van der Waals surface area (Å²) in [5, 5.41) is 3.26. The summed E-state index contributed by atoms with van der Waals surface area (Å²) in [5.41, 5.74) is 1.14. The summed E-state index contributed by atoms with van der Waals surface area (Å²) in [4.78, 5) is 10.9. The maximum Gasteiger partial charge on any atom is 0.320 e. The molecule has 0 aliphatic carbocycles. The quantitative estimate of drug-likeness (QED) is 0.646. The minimum atomic E-state index is -0.330. The number of carbonyl (C=O) groups excluding carboxylic acids is 1. The number of benzene rings is 1. The summed E-state index contributed by atoms with van der Waals surface area (Å²) in [7, 11) is 3.02. The summed E-state index contributed by atoms with van der Waals surface area (Å²) in [5.74, 6) is 0.559. The van der Waals surface area contributed by atoms with Gasteiger partial charge < -0.3 is 14.8 Å². The Hall–Kier alpha value is -1.07. The number of rotatable bonds is 6. The van der Waals surface area contributed by atoms with Gasteiger partial charge in [-0.1, -0.05) is 28.1 Å². The van der Waals surface area contributed by atoms with Crippen LogP contribution in [0.2, 0.25) is 0 Å². The van der Waals surface area contributed by atoms with Crippen LogP contribution in [0.4, 0.5) is 0 Å². The van der Waals surface area contributed by atoms with Crippen molar-refractivity contribution in [2.24, 2.45) is 0 Å². The summed E-state index contributed by atoms with van der Waals surface area (Å²) < 4.78 is 9.74. The molecule has 0 aliphatic rings. The monoisotopic (exact) mass is 315 g/mol. The molecule has 0 saturated carbocycles. The number of halogens is 1. The van der Waals surface area contributed by atoms with Crippen molar-refractivity contribution in [2.75, 3.05) is 20.8 Å². The Morgan fingerprint density at radius 1 is 1.33 bits per heavy atom. The molecule has 100 valence electrons. The minimum Gasteiger partial charge on any atom is -0.497 e. The molecular weight excluding hydrogens is 298 g/mol. The van der Waals surface area contributed by atoms with E-state index >= 15 is 0 Å². The first kappa shape index (κ1) is 15.0. The highest BCUT2D eigenvalue weighted by atomic mass is 79.9. The van der Waals surface area contributed by atoms with Gasteiger partial charge in [-0.15, -0.1) is 0 Å². The fourth-order valence-corrected chi connectivity index (χ4v) is 1.88. The van der Waals surface area contributed by atoms with Gasteiger partial charge in [0.15, 0.2) is 0 Å². The van der Waals surface area contributed by atoms with Crippen LogP contribution in [0.1, 0.15) is 18.5 Å². The Kier molecular flexibility index (Phi) is 6.15. The van der Waals surface area contributed by atoms with Crippen molar-refractivity contribution in [3.05, 3.63) is 29.8 Å². The van der Waals surface area contributed by atoms with Crippen LogP contribution in [-0.4, -0.2) is 31.6 Å².